The second kappa shape index (κ2) is 7.12. The molecule has 1 atom stereocenters. The molecule has 0 spiro atoms. The van der Waals surface area contributed by atoms with Gasteiger partial charge in [-0.05, 0) is 51.7 Å². The standard InChI is InChI=1S/C18H28N2O2/c1-5-6-7-10-15-12-11-14-9-8-13-19-16(14)20(15)17(21)22-18(2,3)4/h8-9,13,15H,5-7,10-12H2,1-4H3. The number of aryl methyl sites for hydroxylation is 1. The Kier molecular flexibility index (Phi) is 5.43. The summed E-state index contributed by atoms with van der Waals surface area (Å²) in [5, 5.41) is 0. The predicted octanol–water partition coefficient (Wildman–Crippen LogP) is 4.72. The number of nitrogens with zero attached hydrogens (tertiary/aromatic N) is 2. The van der Waals surface area contributed by atoms with Crippen molar-refractivity contribution in [1.29, 1.82) is 0 Å². The Bertz CT molecular complexity index is 508. The Balaban J connectivity index is 2.22. The van der Waals surface area contributed by atoms with Crippen molar-refractivity contribution in [1.82, 2.24) is 4.98 Å². The molecule has 2 heterocycles. The number of amides is 1. The number of anilines is 1. The maximum atomic E-state index is 12.7. The molecule has 1 aromatic rings. The monoisotopic (exact) mass is 304 g/mol. The zero-order valence-corrected chi connectivity index (χ0v) is 14.3. The van der Waals surface area contributed by atoms with Crippen LogP contribution in [0.2, 0.25) is 0 Å². The molecular formula is C18H28N2O2. The summed E-state index contributed by atoms with van der Waals surface area (Å²) in [6.07, 6.45) is 8.01. The lowest BCUT2D eigenvalue weighted by molar-refractivity contribution is 0.0556. The molecule has 1 aromatic heterocycles. The van der Waals surface area contributed by atoms with E-state index in [1.165, 1.54) is 12.8 Å². The molecule has 122 valence electrons. The van der Waals surface area contributed by atoms with Crippen molar-refractivity contribution in [2.75, 3.05) is 4.90 Å². The van der Waals surface area contributed by atoms with E-state index >= 15 is 0 Å². The maximum Gasteiger partial charge on any atom is 0.416 e. The Morgan fingerprint density at radius 3 is 2.86 bits per heavy atom. The van der Waals surface area contributed by atoms with Crippen LogP contribution < -0.4 is 4.90 Å². The molecule has 1 amide bonds. The van der Waals surface area contributed by atoms with Crippen molar-refractivity contribution in [2.45, 2.75) is 77.9 Å². The number of carbonyl (C=O) groups is 1. The van der Waals surface area contributed by atoms with Crippen LogP contribution in [0.1, 0.15) is 65.4 Å². The summed E-state index contributed by atoms with van der Waals surface area (Å²) in [4.78, 5) is 18.9. The van der Waals surface area contributed by atoms with Crippen molar-refractivity contribution in [3.8, 4) is 0 Å². The SMILES string of the molecule is CCCCCC1CCc2cccnc2N1C(=O)OC(C)(C)C. The van der Waals surface area contributed by atoms with Crippen LogP contribution in [0.5, 0.6) is 0 Å². The zero-order chi connectivity index (χ0) is 16.2. The van der Waals surface area contributed by atoms with Crippen molar-refractivity contribution < 1.29 is 9.53 Å². The third kappa shape index (κ3) is 4.21. The van der Waals surface area contributed by atoms with Gasteiger partial charge in [-0.25, -0.2) is 9.78 Å². The molecule has 0 saturated heterocycles. The quantitative estimate of drug-likeness (QED) is 0.756. The summed E-state index contributed by atoms with van der Waals surface area (Å²) < 4.78 is 5.62. The number of ether oxygens (including phenoxy) is 1. The molecule has 2 rings (SSSR count). The van der Waals surface area contributed by atoms with Gasteiger partial charge < -0.3 is 4.74 Å². The van der Waals surface area contributed by atoms with Gasteiger partial charge in [-0.1, -0.05) is 32.3 Å². The van der Waals surface area contributed by atoms with Crippen molar-refractivity contribution in [2.24, 2.45) is 0 Å². The lowest BCUT2D eigenvalue weighted by atomic mass is 9.95. The Labute approximate surface area is 133 Å². The molecule has 0 aliphatic carbocycles. The van der Waals surface area contributed by atoms with Crippen LogP contribution in [0.4, 0.5) is 10.6 Å². The molecule has 4 heteroatoms. The average Bonchev–Trinajstić information content (AvgIpc) is 2.45. The number of pyridine rings is 1. The fourth-order valence-electron chi connectivity index (χ4n) is 2.92. The highest BCUT2D eigenvalue weighted by Crippen LogP contribution is 2.32. The normalized spacial score (nSPS) is 18.0. The van der Waals surface area contributed by atoms with E-state index in [-0.39, 0.29) is 12.1 Å². The topological polar surface area (TPSA) is 42.4 Å². The van der Waals surface area contributed by atoms with Crippen LogP contribution in [-0.2, 0) is 11.2 Å². The van der Waals surface area contributed by atoms with Gasteiger partial charge in [-0.3, -0.25) is 4.90 Å². The molecule has 22 heavy (non-hydrogen) atoms. The van der Waals surface area contributed by atoms with E-state index in [1.54, 1.807) is 11.1 Å². The Morgan fingerprint density at radius 1 is 1.41 bits per heavy atom. The molecule has 0 radical (unpaired) electrons. The number of carbonyl (C=O) groups excluding carboxylic acids is 1. The highest BCUT2D eigenvalue weighted by molar-refractivity contribution is 5.88. The molecule has 0 fully saturated rings. The van der Waals surface area contributed by atoms with Crippen LogP contribution in [-0.4, -0.2) is 22.7 Å². The summed E-state index contributed by atoms with van der Waals surface area (Å²) in [7, 11) is 0. The van der Waals surface area contributed by atoms with Gasteiger partial charge in [-0.2, -0.15) is 0 Å². The number of aromatic nitrogens is 1. The first-order valence-corrected chi connectivity index (χ1v) is 8.38. The zero-order valence-electron chi connectivity index (χ0n) is 14.3. The molecule has 4 nitrogen and oxygen atoms in total. The number of unbranched alkanes of at least 4 members (excludes halogenated alkanes) is 2. The van der Waals surface area contributed by atoms with Crippen molar-refractivity contribution in [3.63, 3.8) is 0 Å². The number of rotatable bonds is 4. The van der Waals surface area contributed by atoms with Crippen LogP contribution in [0.3, 0.4) is 0 Å². The van der Waals surface area contributed by atoms with Gasteiger partial charge in [0, 0.05) is 12.2 Å². The van der Waals surface area contributed by atoms with Crippen molar-refractivity contribution in [3.05, 3.63) is 23.9 Å². The lowest BCUT2D eigenvalue weighted by Crippen LogP contribution is -2.46. The summed E-state index contributed by atoms with van der Waals surface area (Å²) >= 11 is 0. The summed E-state index contributed by atoms with van der Waals surface area (Å²) in [5.74, 6) is 0.782. The van der Waals surface area contributed by atoms with E-state index in [1.807, 2.05) is 26.8 Å². The first-order valence-electron chi connectivity index (χ1n) is 8.38. The van der Waals surface area contributed by atoms with E-state index in [0.29, 0.717) is 0 Å². The van der Waals surface area contributed by atoms with Crippen LogP contribution >= 0.6 is 0 Å². The number of fused-ring (bicyclic) bond motifs is 1. The van der Waals surface area contributed by atoms with Crippen molar-refractivity contribution >= 4 is 11.9 Å². The van der Waals surface area contributed by atoms with Crippen LogP contribution in [0.15, 0.2) is 18.3 Å². The minimum absolute atomic E-state index is 0.198. The van der Waals surface area contributed by atoms with E-state index in [4.69, 9.17) is 4.74 Å². The summed E-state index contributed by atoms with van der Waals surface area (Å²) in [6, 6.07) is 4.19. The molecule has 1 aliphatic heterocycles. The molecule has 0 N–H and O–H groups in total. The van der Waals surface area contributed by atoms with Crippen LogP contribution in [0, 0.1) is 0 Å². The smallest absolute Gasteiger partial charge is 0.416 e. The minimum atomic E-state index is -0.489. The summed E-state index contributed by atoms with van der Waals surface area (Å²) in [5.41, 5.74) is 0.650. The Hall–Kier alpha value is -1.58. The highest BCUT2D eigenvalue weighted by atomic mass is 16.6. The lowest BCUT2D eigenvalue weighted by Gasteiger charge is -2.37. The fraction of sp³-hybridized carbons (Fsp3) is 0.667. The van der Waals surface area contributed by atoms with Gasteiger partial charge in [0.2, 0.25) is 0 Å². The maximum absolute atomic E-state index is 12.7. The molecular weight excluding hydrogens is 276 g/mol. The average molecular weight is 304 g/mol. The number of hydrogen-bond acceptors (Lipinski definition) is 3. The third-order valence-electron chi connectivity index (χ3n) is 3.94. The van der Waals surface area contributed by atoms with Gasteiger partial charge >= 0.3 is 6.09 Å². The Morgan fingerprint density at radius 2 is 2.18 bits per heavy atom. The van der Waals surface area contributed by atoms with Gasteiger partial charge in [-0.15, -0.1) is 0 Å². The minimum Gasteiger partial charge on any atom is -0.443 e. The molecule has 0 bridgehead atoms. The van der Waals surface area contributed by atoms with Gasteiger partial charge in [0.25, 0.3) is 0 Å². The predicted molar refractivity (Wildman–Crippen MR) is 89.2 cm³/mol. The second-order valence-electron chi connectivity index (χ2n) is 7.02. The van der Waals surface area contributed by atoms with Crippen LogP contribution in [0.25, 0.3) is 0 Å². The van der Waals surface area contributed by atoms with Gasteiger partial charge in [0.15, 0.2) is 0 Å². The molecule has 0 aromatic carbocycles. The van der Waals surface area contributed by atoms with E-state index < -0.39 is 5.60 Å². The first kappa shape index (κ1) is 16.8. The van der Waals surface area contributed by atoms with E-state index in [0.717, 1.165) is 37.1 Å². The second-order valence-corrected chi connectivity index (χ2v) is 7.02. The fourth-order valence-corrected chi connectivity index (χ4v) is 2.92. The molecule has 1 unspecified atom stereocenters. The van der Waals surface area contributed by atoms with Gasteiger partial charge in [0.1, 0.15) is 11.4 Å². The van der Waals surface area contributed by atoms with E-state index in [2.05, 4.69) is 18.0 Å². The van der Waals surface area contributed by atoms with Gasteiger partial charge in [0.05, 0.1) is 0 Å². The third-order valence-corrected chi connectivity index (χ3v) is 3.94. The van der Waals surface area contributed by atoms with E-state index in [9.17, 15) is 4.79 Å². The summed E-state index contributed by atoms with van der Waals surface area (Å²) in [6.45, 7) is 7.91. The highest BCUT2D eigenvalue weighted by Gasteiger charge is 2.34. The molecule has 0 saturated carbocycles. The molecule has 1 aliphatic rings. The largest absolute Gasteiger partial charge is 0.443 e. The number of hydrogen-bond donors (Lipinski definition) is 0. The first-order chi connectivity index (χ1) is 10.4.